The maximum absolute atomic E-state index is 13.3. The number of ether oxygens (including phenoxy) is 1. The molecule has 0 aromatic carbocycles. The summed E-state index contributed by atoms with van der Waals surface area (Å²) in [5.41, 5.74) is 0. The van der Waals surface area contributed by atoms with Gasteiger partial charge in [-0.15, -0.1) is 0 Å². The number of carbonyl (C=O) groups is 2. The van der Waals surface area contributed by atoms with Crippen molar-refractivity contribution in [3.05, 3.63) is 48.6 Å². The van der Waals surface area contributed by atoms with Gasteiger partial charge < -0.3 is 20.3 Å². The first kappa shape index (κ1) is 69.8. The lowest BCUT2D eigenvalue weighted by Gasteiger charge is -2.24. The molecule has 0 rings (SSSR count). The summed E-state index contributed by atoms with van der Waals surface area (Å²) in [5.74, 6) is -0.477. The Labute approximate surface area is 448 Å². The maximum atomic E-state index is 13.3. The van der Waals surface area contributed by atoms with Crippen molar-refractivity contribution < 1.29 is 24.5 Å². The van der Waals surface area contributed by atoms with Crippen LogP contribution in [0.5, 0.6) is 0 Å². The lowest BCUT2D eigenvalue weighted by atomic mass is 10.0. The van der Waals surface area contributed by atoms with E-state index in [1.807, 2.05) is 0 Å². The summed E-state index contributed by atoms with van der Waals surface area (Å²) in [6.07, 6.45) is 74.7. The zero-order valence-electron chi connectivity index (χ0n) is 48.3. The molecule has 3 atom stereocenters. The molecule has 0 saturated carbocycles. The van der Waals surface area contributed by atoms with Gasteiger partial charge in [0, 0.05) is 6.42 Å². The fourth-order valence-electron chi connectivity index (χ4n) is 9.79. The van der Waals surface area contributed by atoms with Crippen LogP contribution in [0.2, 0.25) is 0 Å². The van der Waals surface area contributed by atoms with Gasteiger partial charge in [0.25, 0.3) is 0 Å². The van der Waals surface area contributed by atoms with E-state index in [0.717, 1.165) is 70.6 Å². The van der Waals surface area contributed by atoms with Gasteiger partial charge in [-0.05, 0) is 89.9 Å². The van der Waals surface area contributed by atoms with Gasteiger partial charge >= 0.3 is 5.97 Å². The summed E-state index contributed by atoms with van der Waals surface area (Å²) in [6.45, 7) is 6.50. The van der Waals surface area contributed by atoms with Crippen molar-refractivity contribution in [2.45, 2.75) is 354 Å². The highest BCUT2D eigenvalue weighted by atomic mass is 16.5. The van der Waals surface area contributed by atoms with Crippen molar-refractivity contribution in [3.63, 3.8) is 0 Å². The summed E-state index contributed by atoms with van der Waals surface area (Å²) in [6, 6.07) is -0.707. The van der Waals surface area contributed by atoms with Crippen LogP contribution in [-0.2, 0) is 14.3 Å². The highest BCUT2D eigenvalue weighted by molar-refractivity contribution is 5.77. The van der Waals surface area contributed by atoms with Crippen molar-refractivity contribution in [2.24, 2.45) is 0 Å². The number of hydrogen-bond acceptors (Lipinski definition) is 5. The van der Waals surface area contributed by atoms with Gasteiger partial charge in [0.1, 0.15) is 6.10 Å². The normalized spacial score (nSPS) is 13.3. The van der Waals surface area contributed by atoms with Crippen LogP contribution >= 0.6 is 0 Å². The van der Waals surface area contributed by atoms with Crippen molar-refractivity contribution in [2.75, 3.05) is 6.61 Å². The number of allylic oxidation sites excluding steroid dienone is 8. The van der Waals surface area contributed by atoms with Crippen LogP contribution < -0.4 is 5.32 Å². The molecule has 0 aromatic heterocycles. The van der Waals surface area contributed by atoms with Gasteiger partial charge in [-0.2, -0.15) is 0 Å². The van der Waals surface area contributed by atoms with Gasteiger partial charge in [-0.3, -0.25) is 9.59 Å². The molecule has 422 valence electrons. The molecule has 0 radical (unpaired) electrons. The van der Waals surface area contributed by atoms with E-state index in [2.05, 4.69) is 74.7 Å². The lowest BCUT2D eigenvalue weighted by Crippen LogP contribution is -2.46. The Kier molecular flexibility index (Phi) is 57.9. The highest BCUT2D eigenvalue weighted by Crippen LogP contribution is 2.19. The molecule has 3 N–H and O–H groups in total. The second-order valence-corrected chi connectivity index (χ2v) is 21.8. The third-order valence-corrected chi connectivity index (χ3v) is 14.6. The van der Waals surface area contributed by atoms with Crippen LogP contribution in [0, 0.1) is 0 Å². The number of aliphatic hydroxyl groups is 2. The molecule has 72 heavy (non-hydrogen) atoms. The van der Waals surface area contributed by atoms with E-state index in [0.29, 0.717) is 19.3 Å². The Hall–Kier alpha value is -2.18. The molecule has 6 heteroatoms. The number of carbonyl (C=O) groups excluding carboxylic acids is 2. The highest BCUT2D eigenvalue weighted by Gasteiger charge is 2.24. The fourth-order valence-corrected chi connectivity index (χ4v) is 9.79. The van der Waals surface area contributed by atoms with E-state index in [1.165, 1.54) is 218 Å². The van der Waals surface area contributed by atoms with E-state index in [9.17, 15) is 19.8 Å². The Morgan fingerprint density at radius 3 is 1.11 bits per heavy atom. The summed E-state index contributed by atoms with van der Waals surface area (Å²) >= 11 is 0. The quantitative estimate of drug-likeness (QED) is 0.0320. The van der Waals surface area contributed by atoms with Gasteiger partial charge in [0.2, 0.25) is 5.91 Å². The number of rotatable bonds is 58. The number of unbranched alkanes of at least 4 members (excludes halogenated alkanes) is 38. The zero-order chi connectivity index (χ0) is 52.3. The van der Waals surface area contributed by atoms with E-state index < -0.39 is 18.2 Å². The van der Waals surface area contributed by atoms with Crippen LogP contribution in [-0.4, -0.2) is 46.9 Å². The first-order valence-corrected chi connectivity index (χ1v) is 31.9. The summed E-state index contributed by atoms with van der Waals surface area (Å²) in [5, 5.41) is 24.0. The molecule has 0 aliphatic carbocycles. The van der Waals surface area contributed by atoms with Crippen LogP contribution in [0.1, 0.15) is 335 Å². The first-order chi connectivity index (χ1) is 35.5. The Bertz CT molecular complexity index is 1230. The molecule has 0 aliphatic heterocycles. The zero-order valence-corrected chi connectivity index (χ0v) is 48.3. The van der Waals surface area contributed by atoms with Crippen molar-refractivity contribution in [1.29, 1.82) is 0 Å². The smallest absolute Gasteiger partial charge is 0.306 e. The second-order valence-electron chi connectivity index (χ2n) is 21.8. The minimum atomic E-state index is -0.793. The second kappa shape index (κ2) is 59.7. The van der Waals surface area contributed by atoms with Gasteiger partial charge in [0.15, 0.2) is 0 Å². The van der Waals surface area contributed by atoms with E-state index in [4.69, 9.17) is 4.74 Å². The summed E-state index contributed by atoms with van der Waals surface area (Å²) in [7, 11) is 0. The third kappa shape index (κ3) is 54.1. The molecule has 3 unspecified atom stereocenters. The Balaban J connectivity index is 4.55. The number of amides is 1. The molecule has 6 nitrogen and oxygen atoms in total. The van der Waals surface area contributed by atoms with Crippen LogP contribution in [0.15, 0.2) is 48.6 Å². The average Bonchev–Trinajstić information content (AvgIpc) is 3.37. The summed E-state index contributed by atoms with van der Waals surface area (Å²) in [4.78, 5) is 26.4. The molecule has 0 fully saturated rings. The third-order valence-electron chi connectivity index (χ3n) is 14.6. The number of hydrogen-bond donors (Lipinski definition) is 3. The van der Waals surface area contributed by atoms with E-state index in [1.54, 1.807) is 0 Å². The van der Waals surface area contributed by atoms with Crippen LogP contribution in [0.25, 0.3) is 0 Å². The summed E-state index contributed by atoms with van der Waals surface area (Å²) < 4.78 is 5.98. The van der Waals surface area contributed by atoms with Gasteiger partial charge in [0.05, 0.1) is 25.2 Å². The first-order valence-electron chi connectivity index (χ1n) is 31.9. The maximum Gasteiger partial charge on any atom is 0.306 e. The molecule has 0 aliphatic rings. The van der Waals surface area contributed by atoms with Gasteiger partial charge in [-0.1, -0.05) is 281 Å². The lowest BCUT2D eigenvalue weighted by molar-refractivity contribution is -0.151. The van der Waals surface area contributed by atoms with Crippen LogP contribution in [0.3, 0.4) is 0 Å². The number of aliphatic hydroxyl groups excluding tert-OH is 2. The average molecular weight is 1010 g/mol. The van der Waals surface area contributed by atoms with Crippen molar-refractivity contribution in [1.82, 2.24) is 5.32 Å². The molecule has 0 saturated heterocycles. The minimum Gasteiger partial charge on any atom is -0.462 e. The van der Waals surface area contributed by atoms with Gasteiger partial charge in [-0.25, -0.2) is 0 Å². The molecular weight excluding hydrogens is 887 g/mol. The Morgan fingerprint density at radius 2 is 0.708 bits per heavy atom. The minimum absolute atomic E-state index is 0.0712. The molecule has 0 spiro atoms. The number of nitrogens with one attached hydrogen (secondary N) is 1. The SMILES string of the molecule is CCCCC/C=C\C/C=C\C/C=C\CCCCCCCCC(=O)OC(CCCCCCCCC/C=C/CCCCCCCC)CC(=O)NC(CO)C(O)CCCCCCCCCCCCCCCCCCC. The topological polar surface area (TPSA) is 95.9 Å². The molecule has 0 bridgehead atoms. The largest absolute Gasteiger partial charge is 0.462 e. The number of esters is 1. The predicted molar refractivity (Wildman–Crippen MR) is 315 cm³/mol. The molecule has 1 amide bonds. The van der Waals surface area contributed by atoms with E-state index >= 15 is 0 Å². The molecule has 0 heterocycles. The Morgan fingerprint density at radius 1 is 0.403 bits per heavy atom. The standard InChI is InChI=1S/C66H123NO5/c1-4-7-10-13-16-19-22-25-28-31-32-35-38-41-44-47-50-53-56-59-66(71)72-62(57-54-51-48-45-42-39-36-33-29-26-23-20-17-14-11-8-5-2)60-65(70)67-63(61-68)64(69)58-55-52-49-46-43-40-37-34-30-27-24-21-18-15-12-9-6-3/h16,19,25-26,28-29,32,35,62-64,68-69H,4-15,17-18,20-24,27,30-31,33-34,36-61H2,1-3H3,(H,67,70)/b19-16-,28-25-,29-26+,35-32-. The van der Waals surface area contributed by atoms with Crippen LogP contribution in [0.4, 0.5) is 0 Å². The molecular formula is C66H123NO5. The molecule has 0 aromatic rings. The predicted octanol–water partition coefficient (Wildman–Crippen LogP) is 20.1. The van der Waals surface area contributed by atoms with Crippen molar-refractivity contribution in [3.8, 4) is 0 Å². The fraction of sp³-hybridized carbons (Fsp3) is 0.848. The van der Waals surface area contributed by atoms with Crippen molar-refractivity contribution >= 4 is 11.9 Å². The monoisotopic (exact) mass is 1010 g/mol. The van der Waals surface area contributed by atoms with E-state index in [-0.39, 0.29) is 24.9 Å².